The number of anilines is 1. The van der Waals surface area contributed by atoms with Crippen LogP contribution in [0.1, 0.15) is 24.2 Å². The van der Waals surface area contributed by atoms with Gasteiger partial charge < -0.3 is 10.1 Å². The molecule has 8 heteroatoms. The Kier molecular flexibility index (Phi) is 7.70. The van der Waals surface area contributed by atoms with Crippen LogP contribution < -0.4 is 15.4 Å². The van der Waals surface area contributed by atoms with E-state index in [1.54, 1.807) is 30.3 Å². The van der Waals surface area contributed by atoms with E-state index in [1.165, 1.54) is 0 Å². The molecule has 2 N–H and O–H groups in total. The molecule has 2 aromatic carbocycles. The highest BCUT2D eigenvalue weighted by molar-refractivity contribution is 9.10. The molecule has 0 fully saturated rings. The Hall–Kier alpha value is -1.34. The molecule has 0 aliphatic rings. The van der Waals surface area contributed by atoms with E-state index in [9.17, 15) is 4.79 Å². The van der Waals surface area contributed by atoms with Crippen LogP contribution in [0.3, 0.4) is 0 Å². The Labute approximate surface area is 176 Å². The number of halogens is 3. The molecule has 0 unspecified atom stereocenters. The van der Waals surface area contributed by atoms with Crippen molar-refractivity contribution in [2.24, 2.45) is 5.92 Å². The SMILES string of the molecule is CC(C)COc1ccc(Br)cc1C(=O)NC(=S)Nc1cccc(Cl)c1Cl. The zero-order valence-corrected chi connectivity index (χ0v) is 18.0. The van der Waals surface area contributed by atoms with Gasteiger partial charge >= 0.3 is 0 Å². The standard InChI is InChI=1S/C18H17BrCl2N2O2S/c1-10(2)9-25-15-7-6-11(19)8-12(15)17(24)23-18(26)22-14-5-3-4-13(20)16(14)21/h3-8,10H,9H2,1-2H3,(H2,22,23,24,26). The summed E-state index contributed by atoms with van der Waals surface area (Å²) in [4.78, 5) is 12.6. The summed E-state index contributed by atoms with van der Waals surface area (Å²) in [7, 11) is 0. The van der Waals surface area contributed by atoms with E-state index in [4.69, 9.17) is 40.2 Å². The monoisotopic (exact) mass is 474 g/mol. The summed E-state index contributed by atoms with van der Waals surface area (Å²) in [5, 5.41) is 6.32. The minimum absolute atomic E-state index is 0.106. The van der Waals surface area contributed by atoms with Crippen LogP contribution >= 0.6 is 51.3 Å². The van der Waals surface area contributed by atoms with Gasteiger partial charge in [-0.25, -0.2) is 0 Å². The van der Waals surface area contributed by atoms with E-state index in [0.717, 1.165) is 4.47 Å². The Morgan fingerprint density at radius 2 is 2.00 bits per heavy atom. The molecule has 0 atom stereocenters. The van der Waals surface area contributed by atoms with Crippen LogP contribution in [-0.2, 0) is 0 Å². The van der Waals surface area contributed by atoms with Crippen molar-refractivity contribution in [2.45, 2.75) is 13.8 Å². The molecular formula is C18H17BrCl2N2O2S. The van der Waals surface area contributed by atoms with Gasteiger partial charge in [0.25, 0.3) is 5.91 Å². The maximum absolute atomic E-state index is 12.6. The van der Waals surface area contributed by atoms with Gasteiger partial charge in [-0.05, 0) is 48.5 Å². The molecule has 0 bridgehead atoms. The van der Waals surface area contributed by atoms with E-state index >= 15 is 0 Å². The van der Waals surface area contributed by atoms with Crippen molar-refractivity contribution < 1.29 is 9.53 Å². The third kappa shape index (κ3) is 5.84. The van der Waals surface area contributed by atoms with Crippen LogP contribution in [0.5, 0.6) is 5.75 Å². The number of amides is 1. The zero-order valence-electron chi connectivity index (χ0n) is 14.1. The molecule has 4 nitrogen and oxygen atoms in total. The van der Waals surface area contributed by atoms with Crippen molar-refractivity contribution in [3.05, 3.63) is 56.5 Å². The lowest BCUT2D eigenvalue weighted by Crippen LogP contribution is -2.34. The largest absolute Gasteiger partial charge is 0.492 e. The number of rotatable bonds is 5. The number of thiocarbonyl (C=S) groups is 1. The molecular weight excluding hydrogens is 459 g/mol. The summed E-state index contributed by atoms with van der Waals surface area (Å²) in [6, 6.07) is 10.3. The summed E-state index contributed by atoms with van der Waals surface area (Å²) >= 11 is 20.7. The highest BCUT2D eigenvalue weighted by Gasteiger charge is 2.16. The molecule has 0 radical (unpaired) electrons. The van der Waals surface area contributed by atoms with Crippen LogP contribution in [0.15, 0.2) is 40.9 Å². The van der Waals surface area contributed by atoms with Crippen molar-refractivity contribution in [2.75, 3.05) is 11.9 Å². The van der Waals surface area contributed by atoms with Crippen molar-refractivity contribution in [1.29, 1.82) is 0 Å². The molecule has 0 spiro atoms. The Morgan fingerprint density at radius 1 is 1.27 bits per heavy atom. The Morgan fingerprint density at radius 3 is 2.69 bits per heavy atom. The van der Waals surface area contributed by atoms with Gasteiger partial charge in [-0.15, -0.1) is 0 Å². The number of benzene rings is 2. The second kappa shape index (κ2) is 9.55. The van der Waals surface area contributed by atoms with Crippen molar-refractivity contribution >= 4 is 68.1 Å². The van der Waals surface area contributed by atoms with Gasteiger partial charge in [0.2, 0.25) is 0 Å². The van der Waals surface area contributed by atoms with Crippen LogP contribution in [0.2, 0.25) is 10.0 Å². The maximum atomic E-state index is 12.6. The fraction of sp³-hybridized carbons (Fsp3) is 0.222. The average molecular weight is 476 g/mol. The minimum atomic E-state index is -0.388. The summed E-state index contributed by atoms with van der Waals surface area (Å²) in [6.45, 7) is 4.57. The van der Waals surface area contributed by atoms with Gasteiger partial charge in [-0.1, -0.05) is 59.0 Å². The van der Waals surface area contributed by atoms with E-state index in [1.807, 2.05) is 19.9 Å². The first-order chi connectivity index (χ1) is 12.3. The lowest BCUT2D eigenvalue weighted by atomic mass is 10.2. The number of hydrogen-bond donors (Lipinski definition) is 2. The normalized spacial score (nSPS) is 10.5. The third-order valence-corrected chi connectivity index (χ3v) is 4.70. The third-order valence-electron chi connectivity index (χ3n) is 3.19. The molecule has 0 aliphatic carbocycles. The highest BCUT2D eigenvalue weighted by Crippen LogP contribution is 2.29. The zero-order chi connectivity index (χ0) is 19.3. The quantitative estimate of drug-likeness (QED) is 0.527. The molecule has 138 valence electrons. The van der Waals surface area contributed by atoms with Gasteiger partial charge in [0, 0.05) is 4.47 Å². The molecule has 0 aromatic heterocycles. The first-order valence-corrected chi connectivity index (χ1v) is 9.72. The van der Waals surface area contributed by atoms with Gasteiger partial charge in [0.15, 0.2) is 5.11 Å². The van der Waals surface area contributed by atoms with Gasteiger partial charge in [-0.2, -0.15) is 0 Å². The average Bonchev–Trinajstić information content (AvgIpc) is 2.57. The molecule has 2 aromatic rings. The molecule has 0 aliphatic heterocycles. The van der Waals surface area contributed by atoms with E-state index < -0.39 is 0 Å². The smallest absolute Gasteiger partial charge is 0.261 e. The topological polar surface area (TPSA) is 50.4 Å². The summed E-state index contributed by atoms with van der Waals surface area (Å²) in [5.41, 5.74) is 0.886. The number of carbonyl (C=O) groups excluding carboxylic acids is 1. The van der Waals surface area contributed by atoms with E-state index in [-0.39, 0.29) is 11.0 Å². The second-order valence-corrected chi connectivity index (χ2v) is 7.96. The van der Waals surface area contributed by atoms with Gasteiger partial charge in [-0.3, -0.25) is 10.1 Å². The van der Waals surface area contributed by atoms with Crippen molar-refractivity contribution in [3.8, 4) is 5.75 Å². The van der Waals surface area contributed by atoms with Gasteiger partial charge in [0.1, 0.15) is 5.75 Å². The van der Waals surface area contributed by atoms with Crippen LogP contribution in [0, 0.1) is 5.92 Å². The summed E-state index contributed by atoms with van der Waals surface area (Å²) < 4.78 is 6.49. The Balaban J connectivity index is 2.12. The predicted molar refractivity (Wildman–Crippen MR) is 115 cm³/mol. The fourth-order valence-electron chi connectivity index (χ4n) is 1.99. The molecule has 1 amide bonds. The van der Waals surface area contributed by atoms with Crippen molar-refractivity contribution in [1.82, 2.24) is 5.32 Å². The van der Waals surface area contributed by atoms with Crippen LogP contribution in [0.4, 0.5) is 5.69 Å². The number of hydrogen-bond acceptors (Lipinski definition) is 3. The summed E-state index contributed by atoms with van der Waals surface area (Å²) in [5.74, 6) is 0.436. The second-order valence-electron chi connectivity index (χ2n) is 5.85. The minimum Gasteiger partial charge on any atom is -0.492 e. The Bertz CT molecular complexity index is 831. The van der Waals surface area contributed by atoms with E-state index in [2.05, 4.69) is 26.6 Å². The van der Waals surface area contributed by atoms with Gasteiger partial charge in [0.05, 0.1) is 27.9 Å². The van der Waals surface area contributed by atoms with E-state index in [0.29, 0.717) is 39.6 Å². The molecule has 2 rings (SSSR count). The first-order valence-electron chi connectivity index (χ1n) is 7.76. The molecule has 26 heavy (non-hydrogen) atoms. The lowest BCUT2D eigenvalue weighted by Gasteiger charge is -2.15. The fourth-order valence-corrected chi connectivity index (χ4v) is 2.90. The molecule has 0 saturated carbocycles. The van der Waals surface area contributed by atoms with Crippen LogP contribution in [0.25, 0.3) is 0 Å². The molecule has 0 heterocycles. The van der Waals surface area contributed by atoms with Crippen LogP contribution in [-0.4, -0.2) is 17.6 Å². The molecule has 0 saturated heterocycles. The number of carbonyl (C=O) groups is 1. The highest BCUT2D eigenvalue weighted by atomic mass is 79.9. The van der Waals surface area contributed by atoms with Crippen molar-refractivity contribution in [3.63, 3.8) is 0 Å². The lowest BCUT2D eigenvalue weighted by molar-refractivity contribution is 0.0973. The maximum Gasteiger partial charge on any atom is 0.261 e. The first kappa shape index (κ1) is 21.0. The number of ether oxygens (including phenoxy) is 1. The predicted octanol–water partition coefficient (Wildman–Crippen LogP) is 5.92. The summed E-state index contributed by atoms with van der Waals surface area (Å²) in [6.07, 6.45) is 0. The number of nitrogens with one attached hydrogen (secondary N) is 2.